The summed E-state index contributed by atoms with van der Waals surface area (Å²) in [6.07, 6.45) is 1.43. The number of nitrogen functional groups attached to an aromatic ring is 1. The van der Waals surface area contributed by atoms with Crippen LogP contribution in [0, 0.1) is 0 Å². The molecule has 0 amide bonds. The van der Waals surface area contributed by atoms with Crippen molar-refractivity contribution in [3.63, 3.8) is 0 Å². The molecule has 0 radical (unpaired) electrons. The predicted octanol–water partition coefficient (Wildman–Crippen LogP) is 1.43. The lowest BCUT2D eigenvalue weighted by Crippen LogP contribution is -2.08. The summed E-state index contributed by atoms with van der Waals surface area (Å²) in [7, 11) is 1.57. The molecule has 18 heavy (non-hydrogen) atoms. The van der Waals surface area contributed by atoms with Crippen molar-refractivity contribution in [2.45, 2.75) is 0 Å². The first-order chi connectivity index (χ1) is 8.61. The average Bonchev–Trinajstić information content (AvgIpc) is 2.39. The predicted molar refractivity (Wildman–Crippen MR) is 65.4 cm³/mol. The lowest BCUT2D eigenvalue weighted by molar-refractivity contribution is 0.0691. The third-order valence-corrected chi connectivity index (χ3v) is 2.39. The molecular weight excluding hydrogens is 234 g/mol. The first-order valence-electron chi connectivity index (χ1n) is 5.12. The van der Waals surface area contributed by atoms with Crippen LogP contribution in [0.5, 0.6) is 5.75 Å². The molecule has 0 saturated heterocycles. The van der Waals surface area contributed by atoms with Gasteiger partial charge in [-0.1, -0.05) is 0 Å². The van der Waals surface area contributed by atoms with Crippen LogP contribution in [0.4, 0.5) is 5.82 Å². The highest BCUT2D eigenvalue weighted by molar-refractivity contribution is 5.90. The van der Waals surface area contributed by atoms with Crippen LogP contribution in [0.2, 0.25) is 0 Å². The summed E-state index contributed by atoms with van der Waals surface area (Å²) in [5.74, 6) is -0.587. The maximum Gasteiger partial charge on any atom is 0.358 e. The van der Waals surface area contributed by atoms with Gasteiger partial charge >= 0.3 is 5.97 Å². The number of hydrogen-bond acceptors (Lipinski definition) is 5. The zero-order valence-electron chi connectivity index (χ0n) is 9.62. The van der Waals surface area contributed by atoms with Crippen LogP contribution >= 0.6 is 0 Å². The molecule has 0 unspecified atom stereocenters. The Morgan fingerprint density at radius 1 is 1.33 bits per heavy atom. The maximum absolute atomic E-state index is 10.9. The molecule has 0 fully saturated rings. The smallest absolute Gasteiger partial charge is 0.358 e. The van der Waals surface area contributed by atoms with Gasteiger partial charge in [0.25, 0.3) is 0 Å². The van der Waals surface area contributed by atoms with Crippen molar-refractivity contribution in [1.29, 1.82) is 0 Å². The van der Waals surface area contributed by atoms with Gasteiger partial charge < -0.3 is 15.6 Å². The number of methoxy groups -OCH3 is 1. The molecule has 0 bridgehead atoms. The standard InChI is InChI=1S/C12H11N3O3/c1-18-8-4-2-7(3-5-8)9-6-14-11(13)10(15-9)12(16)17/h2-6H,1H3,(H2,13,14)(H,16,17). The summed E-state index contributed by atoms with van der Waals surface area (Å²) < 4.78 is 5.04. The van der Waals surface area contributed by atoms with Crippen molar-refractivity contribution in [1.82, 2.24) is 9.97 Å². The SMILES string of the molecule is COc1ccc(-c2cnc(N)c(C(=O)O)n2)cc1. The number of carbonyl (C=O) groups is 1. The molecule has 0 spiro atoms. The van der Waals surface area contributed by atoms with E-state index >= 15 is 0 Å². The summed E-state index contributed by atoms with van der Waals surface area (Å²) >= 11 is 0. The molecular formula is C12H11N3O3. The van der Waals surface area contributed by atoms with Crippen LogP contribution in [0.25, 0.3) is 11.3 Å². The van der Waals surface area contributed by atoms with Gasteiger partial charge in [-0.2, -0.15) is 0 Å². The minimum absolute atomic E-state index is 0.0974. The molecule has 0 atom stereocenters. The topological polar surface area (TPSA) is 98.3 Å². The van der Waals surface area contributed by atoms with Gasteiger partial charge in [-0.3, -0.25) is 0 Å². The van der Waals surface area contributed by atoms with E-state index in [2.05, 4.69) is 9.97 Å². The number of benzene rings is 1. The van der Waals surface area contributed by atoms with Crippen LogP contribution < -0.4 is 10.5 Å². The van der Waals surface area contributed by atoms with Gasteiger partial charge in [0.2, 0.25) is 0 Å². The first-order valence-corrected chi connectivity index (χ1v) is 5.12. The Kier molecular flexibility index (Phi) is 3.09. The number of anilines is 1. The van der Waals surface area contributed by atoms with Gasteiger partial charge in [0, 0.05) is 5.56 Å². The molecule has 0 aliphatic rings. The summed E-state index contributed by atoms with van der Waals surface area (Å²) in [4.78, 5) is 18.7. The fraction of sp³-hybridized carbons (Fsp3) is 0.0833. The fourth-order valence-corrected chi connectivity index (χ4v) is 1.46. The number of nitrogens with two attached hydrogens (primary N) is 1. The van der Waals surface area contributed by atoms with Crippen LogP contribution in [0.1, 0.15) is 10.5 Å². The van der Waals surface area contributed by atoms with Gasteiger partial charge in [-0.15, -0.1) is 0 Å². The number of carboxylic acids is 1. The highest BCUT2D eigenvalue weighted by Gasteiger charge is 2.12. The van der Waals surface area contributed by atoms with Crippen LogP contribution in [0.3, 0.4) is 0 Å². The molecule has 0 aliphatic heterocycles. The molecule has 1 aromatic heterocycles. The van der Waals surface area contributed by atoms with Crippen molar-refractivity contribution < 1.29 is 14.6 Å². The summed E-state index contributed by atoms with van der Waals surface area (Å²) in [6, 6.07) is 7.05. The van der Waals surface area contributed by atoms with E-state index in [1.54, 1.807) is 31.4 Å². The molecule has 6 nitrogen and oxygen atoms in total. The molecule has 1 heterocycles. The molecule has 3 N–H and O–H groups in total. The van der Waals surface area contributed by atoms with E-state index in [0.717, 1.165) is 5.56 Å². The third kappa shape index (κ3) is 2.22. The molecule has 0 saturated carbocycles. The number of rotatable bonds is 3. The largest absolute Gasteiger partial charge is 0.497 e. The van der Waals surface area contributed by atoms with Crippen LogP contribution in [0.15, 0.2) is 30.5 Å². The Balaban J connectivity index is 2.44. The van der Waals surface area contributed by atoms with Crippen molar-refractivity contribution in [2.75, 3.05) is 12.8 Å². The minimum atomic E-state index is -1.20. The van der Waals surface area contributed by atoms with Gasteiger partial charge in [0.15, 0.2) is 11.5 Å². The number of carboxylic acid groups (broad SMARTS) is 1. The molecule has 92 valence electrons. The number of ether oxygens (including phenoxy) is 1. The maximum atomic E-state index is 10.9. The van der Waals surface area contributed by atoms with Gasteiger partial charge in [-0.25, -0.2) is 14.8 Å². The fourth-order valence-electron chi connectivity index (χ4n) is 1.46. The van der Waals surface area contributed by atoms with Crippen molar-refractivity contribution in [3.8, 4) is 17.0 Å². The van der Waals surface area contributed by atoms with Crippen molar-refractivity contribution in [3.05, 3.63) is 36.2 Å². The van der Waals surface area contributed by atoms with Crippen molar-refractivity contribution in [2.24, 2.45) is 0 Å². The van der Waals surface area contributed by atoms with E-state index < -0.39 is 5.97 Å². The first kappa shape index (κ1) is 11.8. The summed E-state index contributed by atoms with van der Waals surface area (Å²) in [5.41, 5.74) is 6.38. The van der Waals surface area contributed by atoms with E-state index in [1.165, 1.54) is 6.20 Å². The Morgan fingerprint density at radius 2 is 2.00 bits per heavy atom. The summed E-state index contributed by atoms with van der Waals surface area (Å²) in [5, 5.41) is 8.92. The minimum Gasteiger partial charge on any atom is -0.497 e. The Hall–Kier alpha value is -2.63. The average molecular weight is 245 g/mol. The molecule has 6 heteroatoms. The molecule has 0 aliphatic carbocycles. The lowest BCUT2D eigenvalue weighted by atomic mass is 10.1. The quantitative estimate of drug-likeness (QED) is 0.848. The second kappa shape index (κ2) is 4.70. The highest BCUT2D eigenvalue weighted by Crippen LogP contribution is 2.21. The van der Waals surface area contributed by atoms with E-state index in [9.17, 15) is 4.79 Å². The van der Waals surface area contributed by atoms with Gasteiger partial charge in [-0.05, 0) is 24.3 Å². The second-order valence-electron chi connectivity index (χ2n) is 3.52. The monoisotopic (exact) mass is 245 g/mol. The molecule has 1 aromatic carbocycles. The number of hydrogen-bond donors (Lipinski definition) is 2. The second-order valence-corrected chi connectivity index (χ2v) is 3.52. The Morgan fingerprint density at radius 3 is 2.56 bits per heavy atom. The Bertz CT molecular complexity index is 582. The number of aromatic carboxylic acids is 1. The number of nitrogens with zero attached hydrogens (tertiary/aromatic N) is 2. The van der Waals surface area contributed by atoms with Gasteiger partial charge in [0.05, 0.1) is 19.0 Å². The van der Waals surface area contributed by atoms with Gasteiger partial charge in [0.1, 0.15) is 5.75 Å². The zero-order valence-corrected chi connectivity index (χ0v) is 9.62. The normalized spacial score (nSPS) is 10.1. The highest BCUT2D eigenvalue weighted by atomic mass is 16.5. The van der Waals surface area contributed by atoms with Crippen LogP contribution in [-0.4, -0.2) is 28.2 Å². The Labute approximate surface area is 103 Å². The van der Waals surface area contributed by atoms with E-state index in [-0.39, 0.29) is 11.5 Å². The molecule has 2 aromatic rings. The lowest BCUT2D eigenvalue weighted by Gasteiger charge is -2.05. The third-order valence-electron chi connectivity index (χ3n) is 2.39. The summed E-state index contributed by atoms with van der Waals surface area (Å²) in [6.45, 7) is 0. The van der Waals surface area contributed by atoms with Crippen molar-refractivity contribution >= 4 is 11.8 Å². The van der Waals surface area contributed by atoms with E-state index in [4.69, 9.17) is 15.6 Å². The number of aromatic nitrogens is 2. The molecule has 2 rings (SSSR count). The van der Waals surface area contributed by atoms with E-state index in [1.807, 2.05) is 0 Å². The van der Waals surface area contributed by atoms with Crippen LogP contribution in [-0.2, 0) is 0 Å². The zero-order chi connectivity index (χ0) is 13.1. The van der Waals surface area contributed by atoms with E-state index in [0.29, 0.717) is 11.4 Å².